The molecule has 1 amide bonds. The normalized spacial score (nSPS) is 24.9. The number of ether oxygens (including phenoxy) is 1. The fourth-order valence-electron chi connectivity index (χ4n) is 3.99. The quantitative estimate of drug-likeness (QED) is 0.642. The Morgan fingerprint density at radius 2 is 1.79 bits per heavy atom. The number of hydrogen-bond donors (Lipinski definition) is 2. The average molecular weight is 406 g/mol. The number of amides is 1. The molecule has 29 heavy (non-hydrogen) atoms. The van der Waals surface area contributed by atoms with Gasteiger partial charge in [0.1, 0.15) is 10.9 Å². The molecule has 4 atom stereocenters. The zero-order valence-corrected chi connectivity index (χ0v) is 16.3. The number of benzene rings is 2. The summed E-state index contributed by atoms with van der Waals surface area (Å²) in [4.78, 5) is 29.0. The van der Waals surface area contributed by atoms with Crippen molar-refractivity contribution in [1.82, 2.24) is 4.98 Å². The number of nitrogens with zero attached hydrogens (tertiary/aromatic N) is 1. The lowest BCUT2D eigenvalue weighted by Crippen LogP contribution is -2.39. The van der Waals surface area contributed by atoms with E-state index >= 15 is 0 Å². The first-order valence-electron chi connectivity index (χ1n) is 9.35. The van der Waals surface area contributed by atoms with Crippen molar-refractivity contribution >= 4 is 39.1 Å². The Labute approximate surface area is 170 Å². The molecule has 1 saturated heterocycles. The van der Waals surface area contributed by atoms with Gasteiger partial charge < -0.3 is 15.2 Å². The zero-order chi connectivity index (χ0) is 20.1. The van der Waals surface area contributed by atoms with Gasteiger partial charge in [-0.1, -0.05) is 18.2 Å². The van der Waals surface area contributed by atoms with E-state index in [0.717, 1.165) is 20.8 Å². The predicted molar refractivity (Wildman–Crippen MR) is 111 cm³/mol. The van der Waals surface area contributed by atoms with Crippen LogP contribution in [0, 0.1) is 18.8 Å². The number of anilines is 1. The summed E-state index contributed by atoms with van der Waals surface area (Å²) in [6.45, 7) is 2.06. The van der Waals surface area contributed by atoms with Gasteiger partial charge in [-0.15, -0.1) is 11.3 Å². The highest BCUT2D eigenvalue weighted by Gasteiger charge is 2.53. The van der Waals surface area contributed by atoms with E-state index in [1.54, 1.807) is 23.5 Å². The molecule has 2 aliphatic rings. The Balaban J connectivity index is 1.34. The number of carbonyl (C=O) groups is 2. The Bertz CT molecular complexity index is 1150. The van der Waals surface area contributed by atoms with E-state index in [0.29, 0.717) is 5.69 Å². The van der Waals surface area contributed by atoms with Crippen LogP contribution < -0.4 is 5.32 Å². The molecule has 3 heterocycles. The smallest absolute Gasteiger partial charge is 0.310 e. The summed E-state index contributed by atoms with van der Waals surface area (Å²) in [5.74, 6) is -2.92. The number of thiazole rings is 1. The van der Waals surface area contributed by atoms with Gasteiger partial charge in [-0.2, -0.15) is 0 Å². The highest BCUT2D eigenvalue weighted by Crippen LogP contribution is 2.40. The molecule has 6 nitrogen and oxygen atoms in total. The first-order valence-corrected chi connectivity index (χ1v) is 10.2. The zero-order valence-electron chi connectivity index (χ0n) is 15.5. The van der Waals surface area contributed by atoms with Crippen molar-refractivity contribution < 1.29 is 19.4 Å². The minimum Gasteiger partial charge on any atom is -0.481 e. The van der Waals surface area contributed by atoms with Gasteiger partial charge in [0, 0.05) is 11.3 Å². The topological polar surface area (TPSA) is 88.5 Å². The van der Waals surface area contributed by atoms with Gasteiger partial charge in [-0.3, -0.25) is 9.59 Å². The molecule has 5 rings (SSSR count). The molecule has 1 aromatic heterocycles. The molecule has 2 N–H and O–H groups in total. The first kappa shape index (κ1) is 18.0. The predicted octanol–water partition coefficient (Wildman–Crippen LogP) is 3.86. The van der Waals surface area contributed by atoms with Crippen LogP contribution in [0.2, 0.25) is 0 Å². The monoisotopic (exact) mass is 406 g/mol. The molecule has 0 unspecified atom stereocenters. The molecule has 146 valence electrons. The van der Waals surface area contributed by atoms with Crippen LogP contribution in [0.4, 0.5) is 5.69 Å². The maximum absolute atomic E-state index is 12.7. The van der Waals surface area contributed by atoms with Crippen molar-refractivity contribution in [2.45, 2.75) is 19.1 Å². The molecule has 1 fully saturated rings. The number of rotatable bonds is 4. The molecule has 7 heteroatoms. The van der Waals surface area contributed by atoms with Crippen molar-refractivity contribution in [2.24, 2.45) is 11.8 Å². The van der Waals surface area contributed by atoms with E-state index in [-0.39, 0.29) is 5.91 Å². The summed E-state index contributed by atoms with van der Waals surface area (Å²) >= 11 is 1.63. The van der Waals surface area contributed by atoms with E-state index in [1.807, 2.05) is 36.4 Å². The minimum atomic E-state index is -1.01. The molecule has 0 spiro atoms. The van der Waals surface area contributed by atoms with Gasteiger partial charge in [-0.25, -0.2) is 4.98 Å². The van der Waals surface area contributed by atoms with Crippen molar-refractivity contribution in [3.63, 3.8) is 0 Å². The van der Waals surface area contributed by atoms with Crippen LogP contribution in [0.25, 0.3) is 20.8 Å². The second-order valence-electron chi connectivity index (χ2n) is 7.40. The summed E-state index contributed by atoms with van der Waals surface area (Å²) in [6.07, 6.45) is 2.48. The number of carboxylic acids is 1. The van der Waals surface area contributed by atoms with E-state index in [9.17, 15) is 14.7 Å². The SMILES string of the molecule is Cc1ccc2nc(-c3ccc(NC(=O)[C@@H]4[C@@H](C(=O)O)[C@H]5C=C[C@H]4O5)cc3)sc2c1. The van der Waals surface area contributed by atoms with Gasteiger partial charge >= 0.3 is 5.97 Å². The minimum absolute atomic E-state index is 0.336. The van der Waals surface area contributed by atoms with Gasteiger partial charge in [-0.05, 0) is 48.9 Å². The van der Waals surface area contributed by atoms with Crippen molar-refractivity contribution in [1.29, 1.82) is 0 Å². The van der Waals surface area contributed by atoms with Crippen LogP contribution in [-0.4, -0.2) is 34.2 Å². The van der Waals surface area contributed by atoms with Crippen LogP contribution in [-0.2, 0) is 14.3 Å². The number of aromatic nitrogens is 1. The fourth-order valence-corrected chi connectivity index (χ4v) is 5.06. The molecule has 0 aliphatic carbocycles. The van der Waals surface area contributed by atoms with Gasteiger partial charge in [0.15, 0.2) is 0 Å². The van der Waals surface area contributed by atoms with Crippen LogP contribution in [0.5, 0.6) is 0 Å². The first-order chi connectivity index (χ1) is 14.0. The van der Waals surface area contributed by atoms with E-state index in [1.165, 1.54) is 5.56 Å². The van der Waals surface area contributed by atoms with E-state index in [4.69, 9.17) is 4.74 Å². The van der Waals surface area contributed by atoms with Crippen LogP contribution >= 0.6 is 11.3 Å². The molecular formula is C22H18N2O4S. The Kier molecular flexibility index (Phi) is 4.22. The number of carboxylic acid groups (broad SMARTS) is 1. The number of aliphatic carboxylic acids is 1. The number of fused-ring (bicyclic) bond motifs is 3. The average Bonchev–Trinajstić information content (AvgIpc) is 3.42. The highest BCUT2D eigenvalue weighted by atomic mass is 32.1. The Morgan fingerprint density at radius 3 is 2.52 bits per heavy atom. The third-order valence-corrected chi connectivity index (χ3v) is 6.50. The molecule has 2 aliphatic heterocycles. The molecule has 2 bridgehead atoms. The third kappa shape index (κ3) is 3.12. The summed E-state index contributed by atoms with van der Waals surface area (Å²) in [7, 11) is 0. The molecule has 2 aromatic carbocycles. The number of hydrogen-bond acceptors (Lipinski definition) is 5. The van der Waals surface area contributed by atoms with Crippen LogP contribution in [0.15, 0.2) is 54.6 Å². The van der Waals surface area contributed by atoms with Gasteiger partial charge in [0.05, 0.1) is 28.3 Å². The van der Waals surface area contributed by atoms with Crippen molar-refractivity contribution in [3.8, 4) is 10.6 Å². The lowest BCUT2D eigenvalue weighted by atomic mass is 9.82. The van der Waals surface area contributed by atoms with E-state index in [2.05, 4.69) is 23.3 Å². The summed E-state index contributed by atoms with van der Waals surface area (Å²) < 4.78 is 6.71. The van der Waals surface area contributed by atoms with Gasteiger partial charge in [0.25, 0.3) is 0 Å². The fraction of sp³-hybridized carbons (Fsp3) is 0.227. The maximum Gasteiger partial charge on any atom is 0.310 e. The van der Waals surface area contributed by atoms with Gasteiger partial charge in [0.2, 0.25) is 5.91 Å². The number of nitrogens with one attached hydrogen (secondary N) is 1. The van der Waals surface area contributed by atoms with Crippen molar-refractivity contribution in [2.75, 3.05) is 5.32 Å². The molecule has 3 aromatic rings. The molecule has 0 saturated carbocycles. The standard InChI is InChI=1S/C22H18N2O4S/c1-11-2-7-14-17(10-11)29-21(24-14)12-3-5-13(6-4-12)23-20(25)18-15-8-9-16(28-15)19(18)22(26)27/h2-10,15-16,18-19H,1H3,(H,23,25)(H,26,27)/t15-,16-,18+,19+/m1/s1. The lowest BCUT2D eigenvalue weighted by Gasteiger charge is -2.21. The van der Waals surface area contributed by atoms with Crippen molar-refractivity contribution in [3.05, 3.63) is 60.2 Å². The van der Waals surface area contributed by atoms with Crippen LogP contribution in [0.1, 0.15) is 5.56 Å². The summed E-state index contributed by atoms with van der Waals surface area (Å²) in [5, 5.41) is 13.2. The Hall–Kier alpha value is -3.03. The molecular weight excluding hydrogens is 388 g/mol. The summed E-state index contributed by atoms with van der Waals surface area (Å²) in [5.41, 5.74) is 3.75. The highest BCUT2D eigenvalue weighted by molar-refractivity contribution is 7.21. The second-order valence-corrected chi connectivity index (χ2v) is 8.43. The maximum atomic E-state index is 12.7. The van der Waals surface area contributed by atoms with E-state index < -0.39 is 30.0 Å². The lowest BCUT2D eigenvalue weighted by molar-refractivity contribution is -0.145. The Morgan fingerprint density at radius 1 is 1.07 bits per heavy atom. The second kappa shape index (κ2) is 6.79. The summed E-state index contributed by atoms with van der Waals surface area (Å²) in [6, 6.07) is 13.6. The largest absolute Gasteiger partial charge is 0.481 e. The third-order valence-electron chi connectivity index (χ3n) is 5.43. The molecule has 0 radical (unpaired) electrons. The van der Waals surface area contributed by atoms with Crippen LogP contribution in [0.3, 0.4) is 0 Å². The number of carbonyl (C=O) groups excluding carboxylic acids is 1. The number of aryl methyl sites for hydroxylation is 1.